The summed E-state index contributed by atoms with van der Waals surface area (Å²) in [5, 5.41) is 2.13. The van der Waals surface area contributed by atoms with E-state index in [4.69, 9.17) is 0 Å². The van der Waals surface area contributed by atoms with E-state index >= 15 is 0 Å². The first-order chi connectivity index (χ1) is 6.92. The summed E-state index contributed by atoms with van der Waals surface area (Å²) in [4.78, 5) is 4.24. The number of aryl methyl sites for hydroxylation is 1. The molecule has 0 atom stereocenters. The first kappa shape index (κ1) is 9.59. The van der Waals surface area contributed by atoms with E-state index in [1.807, 2.05) is 12.5 Å². The van der Waals surface area contributed by atoms with Crippen LogP contribution in [0, 0.1) is 0 Å². The van der Waals surface area contributed by atoms with Crippen molar-refractivity contribution in [1.29, 1.82) is 0 Å². The van der Waals surface area contributed by atoms with Gasteiger partial charge in [0.1, 0.15) is 10.2 Å². The molecule has 2 aromatic heterocycles. The number of aromatic nitrogens is 2. The smallest absolute Gasteiger partial charge is 0.229 e. The maximum absolute atomic E-state index is 4.24. The van der Waals surface area contributed by atoms with Gasteiger partial charge in [0, 0.05) is 0 Å². The van der Waals surface area contributed by atoms with Crippen LogP contribution in [0.1, 0.15) is 26.2 Å². The fourth-order valence-electron chi connectivity index (χ4n) is 1.60. The molecule has 3 heteroatoms. The Labute approximate surface area is 88.2 Å². The normalized spacial score (nSPS) is 10.9. The van der Waals surface area contributed by atoms with Crippen molar-refractivity contribution in [3.8, 4) is 0 Å². The predicted octanol–water partition coefficient (Wildman–Crippen LogP) is 2.77. The van der Waals surface area contributed by atoms with Crippen molar-refractivity contribution in [1.82, 2.24) is 4.98 Å². The molecule has 74 valence electrons. The summed E-state index contributed by atoms with van der Waals surface area (Å²) in [6.45, 7) is 3.32. The van der Waals surface area contributed by atoms with Crippen LogP contribution in [-0.2, 0) is 6.54 Å². The Morgan fingerprint density at radius 1 is 1.43 bits per heavy atom. The van der Waals surface area contributed by atoms with Gasteiger partial charge < -0.3 is 0 Å². The monoisotopic (exact) mass is 207 g/mol. The van der Waals surface area contributed by atoms with Crippen molar-refractivity contribution >= 4 is 21.6 Å². The summed E-state index contributed by atoms with van der Waals surface area (Å²) in [5.41, 5.74) is 1.32. The molecule has 0 spiro atoms. The van der Waals surface area contributed by atoms with Crippen LogP contribution in [0.25, 0.3) is 10.2 Å². The Morgan fingerprint density at radius 3 is 3.21 bits per heavy atom. The van der Waals surface area contributed by atoms with E-state index in [-0.39, 0.29) is 0 Å². The molecule has 0 aromatic carbocycles. The van der Waals surface area contributed by atoms with Crippen molar-refractivity contribution in [2.75, 3.05) is 0 Å². The molecular formula is C11H15N2S+. The number of hydrogen-bond acceptors (Lipinski definition) is 2. The molecule has 0 radical (unpaired) electrons. The lowest BCUT2D eigenvalue weighted by Crippen LogP contribution is -2.34. The summed E-state index contributed by atoms with van der Waals surface area (Å²) >= 11 is 1.76. The molecule has 0 fully saturated rings. The largest absolute Gasteiger partial charge is 0.286 e. The van der Waals surface area contributed by atoms with Gasteiger partial charge in [0.05, 0.1) is 6.54 Å². The lowest BCUT2D eigenvalue weighted by atomic mass is 10.2. The van der Waals surface area contributed by atoms with E-state index in [0.29, 0.717) is 0 Å². The van der Waals surface area contributed by atoms with Gasteiger partial charge in [-0.15, -0.1) is 11.3 Å². The minimum absolute atomic E-state index is 1.09. The number of rotatable bonds is 4. The molecule has 0 saturated carbocycles. The first-order valence-electron chi connectivity index (χ1n) is 5.12. The summed E-state index contributed by atoms with van der Waals surface area (Å²) in [7, 11) is 0. The van der Waals surface area contributed by atoms with E-state index in [2.05, 4.69) is 27.9 Å². The Bertz CT molecular complexity index is 408. The molecule has 0 bridgehead atoms. The van der Waals surface area contributed by atoms with Crippen LogP contribution in [0.3, 0.4) is 0 Å². The predicted molar refractivity (Wildman–Crippen MR) is 59.3 cm³/mol. The van der Waals surface area contributed by atoms with Gasteiger partial charge in [-0.2, -0.15) is 0 Å². The third-order valence-electron chi connectivity index (χ3n) is 2.38. The molecular weight excluding hydrogens is 192 g/mol. The van der Waals surface area contributed by atoms with E-state index < -0.39 is 0 Å². The van der Waals surface area contributed by atoms with Crippen LogP contribution in [-0.4, -0.2) is 4.98 Å². The lowest BCUT2D eigenvalue weighted by Gasteiger charge is -1.98. The highest BCUT2D eigenvalue weighted by atomic mass is 32.1. The summed E-state index contributed by atoms with van der Waals surface area (Å²) in [6, 6.07) is 2.17. The molecule has 14 heavy (non-hydrogen) atoms. The number of thiophene rings is 1. The van der Waals surface area contributed by atoms with Crippen molar-refractivity contribution in [2.24, 2.45) is 0 Å². The number of unbranched alkanes of at least 4 members (excludes halogenated alkanes) is 2. The fourth-order valence-corrected chi connectivity index (χ4v) is 2.37. The van der Waals surface area contributed by atoms with Gasteiger partial charge in [0.25, 0.3) is 6.33 Å². The highest BCUT2D eigenvalue weighted by molar-refractivity contribution is 7.17. The van der Waals surface area contributed by atoms with E-state index in [1.54, 1.807) is 11.3 Å². The molecule has 0 unspecified atom stereocenters. The standard InChI is InChI=1S/C11H15N2S/c1-2-3-4-6-13-9-12-8-11-10(13)5-7-14-11/h5,7-9H,2-4,6H2,1H3/q+1. The molecule has 2 heterocycles. The van der Waals surface area contributed by atoms with Gasteiger partial charge in [-0.25, -0.2) is 4.57 Å². The fraction of sp³-hybridized carbons (Fsp3) is 0.455. The van der Waals surface area contributed by atoms with Crippen molar-refractivity contribution in [3.63, 3.8) is 0 Å². The topological polar surface area (TPSA) is 16.8 Å². The third-order valence-corrected chi connectivity index (χ3v) is 3.22. The van der Waals surface area contributed by atoms with Crippen LogP contribution < -0.4 is 4.57 Å². The second kappa shape index (κ2) is 4.51. The average molecular weight is 207 g/mol. The second-order valence-electron chi connectivity index (χ2n) is 3.46. The van der Waals surface area contributed by atoms with Gasteiger partial charge in [0.15, 0.2) is 6.20 Å². The Balaban J connectivity index is 2.19. The molecule has 0 saturated heterocycles. The quantitative estimate of drug-likeness (QED) is 0.556. The highest BCUT2D eigenvalue weighted by Crippen LogP contribution is 2.15. The van der Waals surface area contributed by atoms with Gasteiger partial charge in [-0.1, -0.05) is 18.3 Å². The van der Waals surface area contributed by atoms with Crippen molar-refractivity contribution in [3.05, 3.63) is 24.0 Å². The highest BCUT2D eigenvalue weighted by Gasteiger charge is 2.06. The minimum Gasteiger partial charge on any atom is -0.229 e. The maximum Gasteiger partial charge on any atom is 0.286 e. The van der Waals surface area contributed by atoms with Gasteiger partial charge in [-0.3, -0.25) is 0 Å². The minimum atomic E-state index is 1.09. The van der Waals surface area contributed by atoms with Crippen LogP contribution in [0.5, 0.6) is 0 Å². The van der Waals surface area contributed by atoms with Crippen LogP contribution >= 0.6 is 11.3 Å². The van der Waals surface area contributed by atoms with E-state index in [9.17, 15) is 0 Å². The van der Waals surface area contributed by atoms with Crippen LogP contribution in [0.15, 0.2) is 24.0 Å². The van der Waals surface area contributed by atoms with Gasteiger partial charge in [-0.05, 0) is 24.3 Å². The van der Waals surface area contributed by atoms with Crippen LogP contribution in [0.4, 0.5) is 0 Å². The van der Waals surface area contributed by atoms with Gasteiger partial charge >= 0.3 is 0 Å². The lowest BCUT2D eigenvalue weighted by molar-refractivity contribution is -0.674. The van der Waals surface area contributed by atoms with Crippen molar-refractivity contribution < 1.29 is 4.57 Å². The average Bonchev–Trinajstić information content (AvgIpc) is 2.67. The number of nitrogens with zero attached hydrogens (tertiary/aromatic N) is 2. The zero-order valence-electron chi connectivity index (χ0n) is 8.44. The zero-order valence-corrected chi connectivity index (χ0v) is 9.26. The number of hydrogen-bond donors (Lipinski definition) is 0. The maximum atomic E-state index is 4.24. The van der Waals surface area contributed by atoms with Crippen LogP contribution in [0.2, 0.25) is 0 Å². The Kier molecular flexibility index (Phi) is 3.09. The third kappa shape index (κ3) is 1.93. The molecule has 0 aliphatic carbocycles. The van der Waals surface area contributed by atoms with E-state index in [1.165, 1.54) is 29.5 Å². The molecule has 0 aliphatic heterocycles. The van der Waals surface area contributed by atoms with Crippen molar-refractivity contribution in [2.45, 2.75) is 32.7 Å². The molecule has 0 amide bonds. The molecule has 2 nitrogen and oxygen atoms in total. The zero-order chi connectivity index (χ0) is 9.80. The summed E-state index contributed by atoms with van der Waals surface area (Å²) < 4.78 is 3.53. The molecule has 2 aromatic rings. The molecule has 2 rings (SSSR count). The second-order valence-corrected chi connectivity index (χ2v) is 4.41. The first-order valence-corrected chi connectivity index (χ1v) is 6.00. The SMILES string of the molecule is CCCCC[n+]1cncc2sccc21. The number of fused-ring (bicyclic) bond motifs is 1. The van der Waals surface area contributed by atoms with E-state index in [0.717, 1.165) is 6.54 Å². The van der Waals surface area contributed by atoms with Gasteiger partial charge in [0.2, 0.25) is 0 Å². The summed E-state index contributed by atoms with van der Waals surface area (Å²) in [5.74, 6) is 0. The molecule has 0 N–H and O–H groups in total. The Hall–Kier alpha value is -0.960. The Morgan fingerprint density at radius 2 is 2.36 bits per heavy atom. The summed E-state index contributed by atoms with van der Waals surface area (Å²) in [6.07, 6.45) is 7.69. The molecule has 0 aliphatic rings.